The first-order chi connectivity index (χ1) is 17.1. The minimum absolute atomic E-state index is 0.0447. The number of H-pyrrole nitrogens is 1. The molecule has 0 unspecified atom stereocenters. The van der Waals surface area contributed by atoms with E-state index in [0.717, 1.165) is 33.1 Å². The van der Waals surface area contributed by atoms with Crippen LogP contribution in [0.4, 0.5) is 0 Å². The van der Waals surface area contributed by atoms with Gasteiger partial charge in [0.2, 0.25) is 0 Å². The minimum Gasteiger partial charge on any atom is -0.483 e. The zero-order valence-corrected chi connectivity index (χ0v) is 18.8. The molecular formula is C29H19N3O3. The van der Waals surface area contributed by atoms with Gasteiger partial charge < -0.3 is 14.1 Å². The zero-order chi connectivity index (χ0) is 23.9. The maximum Gasteiger partial charge on any atom is 0.266 e. The van der Waals surface area contributed by atoms with Gasteiger partial charge in [-0.05, 0) is 42.8 Å². The number of pyridine rings is 2. The Labute approximate surface area is 200 Å². The number of benzene rings is 3. The molecule has 0 saturated carbocycles. The Morgan fingerprint density at radius 3 is 2.71 bits per heavy atom. The van der Waals surface area contributed by atoms with Crippen LogP contribution in [-0.4, -0.2) is 9.97 Å². The second-order valence-electron chi connectivity index (χ2n) is 8.38. The van der Waals surface area contributed by atoms with Crippen LogP contribution in [0.1, 0.15) is 16.8 Å². The van der Waals surface area contributed by atoms with Crippen molar-refractivity contribution in [2.45, 2.75) is 13.5 Å². The Bertz CT molecular complexity index is 1860. The number of nitriles is 1. The molecule has 0 fully saturated rings. The fraction of sp³-hybridized carbons (Fsp3) is 0.0690. The first-order valence-corrected chi connectivity index (χ1v) is 11.2. The zero-order valence-electron chi connectivity index (χ0n) is 18.8. The molecular weight excluding hydrogens is 438 g/mol. The van der Waals surface area contributed by atoms with Gasteiger partial charge in [0.25, 0.3) is 5.56 Å². The van der Waals surface area contributed by atoms with Crippen molar-refractivity contribution in [1.82, 2.24) is 9.97 Å². The molecule has 6 rings (SSSR count). The summed E-state index contributed by atoms with van der Waals surface area (Å²) in [7, 11) is 0. The second-order valence-corrected chi connectivity index (χ2v) is 8.38. The quantitative estimate of drug-likeness (QED) is 0.338. The van der Waals surface area contributed by atoms with E-state index in [-0.39, 0.29) is 12.2 Å². The summed E-state index contributed by atoms with van der Waals surface area (Å²) in [6, 6.07) is 27.0. The van der Waals surface area contributed by atoms with Crippen molar-refractivity contribution in [2.75, 3.05) is 0 Å². The van der Waals surface area contributed by atoms with Gasteiger partial charge in [-0.25, -0.2) is 4.98 Å². The van der Waals surface area contributed by atoms with Crippen molar-refractivity contribution < 1.29 is 9.15 Å². The van der Waals surface area contributed by atoms with E-state index in [1.165, 1.54) is 0 Å². The minimum atomic E-state index is -0.413. The van der Waals surface area contributed by atoms with Gasteiger partial charge in [0.05, 0.1) is 22.1 Å². The van der Waals surface area contributed by atoms with Gasteiger partial charge in [-0.1, -0.05) is 48.5 Å². The highest BCUT2D eigenvalue weighted by Gasteiger charge is 2.21. The number of furan rings is 1. The third-order valence-corrected chi connectivity index (χ3v) is 6.16. The second kappa shape index (κ2) is 8.15. The number of ether oxygens (including phenoxy) is 1. The number of aromatic nitrogens is 2. The molecule has 0 spiro atoms. The molecule has 0 amide bonds. The summed E-state index contributed by atoms with van der Waals surface area (Å²) in [5.74, 6) is 1.12. The summed E-state index contributed by atoms with van der Waals surface area (Å²) in [6.07, 6.45) is 0. The monoisotopic (exact) mass is 457 g/mol. The van der Waals surface area contributed by atoms with Gasteiger partial charge >= 0.3 is 0 Å². The van der Waals surface area contributed by atoms with Gasteiger partial charge in [-0.2, -0.15) is 5.26 Å². The molecule has 0 bridgehead atoms. The summed E-state index contributed by atoms with van der Waals surface area (Å²) in [5.41, 5.74) is 4.30. The summed E-state index contributed by atoms with van der Waals surface area (Å²) < 4.78 is 12.6. The molecule has 3 heterocycles. The fourth-order valence-electron chi connectivity index (χ4n) is 4.39. The Morgan fingerprint density at radius 1 is 1.00 bits per heavy atom. The lowest BCUT2D eigenvalue weighted by molar-refractivity contribution is 0.303. The number of fused-ring (bicyclic) bond motifs is 3. The number of para-hydroxylation sites is 2. The van der Waals surface area contributed by atoms with Crippen LogP contribution >= 0.6 is 0 Å². The molecule has 3 aromatic heterocycles. The molecule has 0 atom stereocenters. The molecule has 3 aromatic carbocycles. The van der Waals surface area contributed by atoms with Crippen LogP contribution in [0.5, 0.6) is 5.75 Å². The van der Waals surface area contributed by atoms with Gasteiger partial charge in [-0.3, -0.25) is 4.79 Å². The molecule has 35 heavy (non-hydrogen) atoms. The molecule has 1 N–H and O–H groups in total. The van der Waals surface area contributed by atoms with E-state index < -0.39 is 5.56 Å². The maximum absolute atomic E-state index is 12.3. The third-order valence-electron chi connectivity index (χ3n) is 6.16. The van der Waals surface area contributed by atoms with E-state index in [0.29, 0.717) is 28.0 Å². The lowest BCUT2D eigenvalue weighted by Crippen LogP contribution is -2.10. The van der Waals surface area contributed by atoms with Crippen molar-refractivity contribution in [2.24, 2.45) is 0 Å². The summed E-state index contributed by atoms with van der Waals surface area (Å²) in [5, 5.41) is 12.1. The first-order valence-electron chi connectivity index (χ1n) is 11.2. The summed E-state index contributed by atoms with van der Waals surface area (Å²) in [4.78, 5) is 19.9. The van der Waals surface area contributed by atoms with E-state index in [9.17, 15) is 10.1 Å². The van der Waals surface area contributed by atoms with Crippen molar-refractivity contribution in [3.8, 4) is 23.1 Å². The van der Waals surface area contributed by atoms with Crippen LogP contribution in [-0.2, 0) is 6.61 Å². The molecule has 0 aliphatic carbocycles. The van der Waals surface area contributed by atoms with E-state index in [1.54, 1.807) is 6.07 Å². The molecule has 6 aromatic rings. The highest BCUT2D eigenvalue weighted by molar-refractivity contribution is 6.01. The number of hydrogen-bond donors (Lipinski definition) is 1. The lowest BCUT2D eigenvalue weighted by atomic mass is 10.0. The molecule has 168 valence electrons. The van der Waals surface area contributed by atoms with Gasteiger partial charge in [0.15, 0.2) is 11.5 Å². The molecule has 0 aliphatic rings. The predicted octanol–water partition coefficient (Wildman–Crippen LogP) is 6.25. The first kappa shape index (κ1) is 20.7. The van der Waals surface area contributed by atoms with Crippen molar-refractivity contribution in [1.29, 1.82) is 5.26 Å². The smallest absolute Gasteiger partial charge is 0.266 e. The standard InChI is InChI=1S/C29H19N3O3/c1-17-10-13-21(23-14-19(15-30)29(33)32-26(17)23)28-27(22-7-3-5-9-25(22)35-28)34-16-20-12-11-18-6-2-4-8-24(18)31-20/h2-14H,16H2,1H3,(H,32,33). The Hall–Kier alpha value is -4.89. The molecule has 0 saturated heterocycles. The Morgan fingerprint density at radius 2 is 1.83 bits per heavy atom. The van der Waals surface area contributed by atoms with E-state index in [2.05, 4.69) is 4.98 Å². The summed E-state index contributed by atoms with van der Waals surface area (Å²) >= 11 is 0. The van der Waals surface area contributed by atoms with Crippen molar-refractivity contribution in [3.63, 3.8) is 0 Å². The van der Waals surface area contributed by atoms with Crippen molar-refractivity contribution in [3.05, 3.63) is 106 Å². The van der Waals surface area contributed by atoms with Crippen LogP contribution in [0.15, 0.2) is 88.1 Å². The number of rotatable bonds is 4. The van der Waals surface area contributed by atoms with E-state index in [4.69, 9.17) is 14.1 Å². The van der Waals surface area contributed by atoms with Crippen LogP contribution < -0.4 is 10.3 Å². The average molecular weight is 457 g/mol. The molecule has 0 aliphatic heterocycles. The number of nitrogens with one attached hydrogen (secondary N) is 1. The topological polar surface area (TPSA) is 91.9 Å². The molecule has 0 radical (unpaired) electrons. The molecule has 6 heteroatoms. The highest BCUT2D eigenvalue weighted by Crippen LogP contribution is 2.43. The van der Waals surface area contributed by atoms with Crippen LogP contribution in [0.3, 0.4) is 0 Å². The predicted molar refractivity (Wildman–Crippen MR) is 135 cm³/mol. The van der Waals surface area contributed by atoms with Gasteiger partial charge in [-0.15, -0.1) is 0 Å². The number of nitrogens with zero attached hydrogens (tertiary/aromatic N) is 2. The van der Waals surface area contributed by atoms with Crippen LogP contribution in [0, 0.1) is 18.3 Å². The third kappa shape index (κ3) is 3.51. The lowest BCUT2D eigenvalue weighted by Gasteiger charge is -2.11. The number of hydrogen-bond acceptors (Lipinski definition) is 5. The van der Waals surface area contributed by atoms with Crippen LogP contribution in [0.25, 0.3) is 44.1 Å². The molecule has 6 nitrogen and oxygen atoms in total. The van der Waals surface area contributed by atoms with Crippen molar-refractivity contribution >= 4 is 32.8 Å². The normalized spacial score (nSPS) is 11.2. The Kier molecular flexibility index (Phi) is 4.82. The van der Waals surface area contributed by atoms with Gasteiger partial charge in [0, 0.05) is 16.3 Å². The van der Waals surface area contributed by atoms with E-state index in [1.807, 2.05) is 85.8 Å². The SMILES string of the molecule is Cc1ccc(-c2oc3ccccc3c2OCc2ccc3ccccc3n2)c2cc(C#N)c(=O)[nH]c12. The maximum atomic E-state index is 12.3. The number of aromatic amines is 1. The highest BCUT2D eigenvalue weighted by atomic mass is 16.5. The van der Waals surface area contributed by atoms with E-state index >= 15 is 0 Å². The Balaban J connectivity index is 1.51. The average Bonchev–Trinajstić information content (AvgIpc) is 3.26. The summed E-state index contributed by atoms with van der Waals surface area (Å²) in [6.45, 7) is 2.17. The number of aryl methyl sites for hydroxylation is 1. The largest absolute Gasteiger partial charge is 0.483 e. The van der Waals surface area contributed by atoms with Crippen LogP contribution in [0.2, 0.25) is 0 Å². The fourth-order valence-corrected chi connectivity index (χ4v) is 4.39. The van der Waals surface area contributed by atoms with Gasteiger partial charge in [0.1, 0.15) is 23.8 Å².